The van der Waals surface area contributed by atoms with Gasteiger partial charge in [0.15, 0.2) is 17.3 Å². The van der Waals surface area contributed by atoms with E-state index in [4.69, 9.17) is 14.2 Å². The van der Waals surface area contributed by atoms with E-state index in [2.05, 4.69) is 44.5 Å². The first kappa shape index (κ1) is 26.5. The Morgan fingerprint density at radius 1 is 0.976 bits per heavy atom. The second-order valence-corrected chi connectivity index (χ2v) is 10.0. The highest BCUT2D eigenvalue weighted by Crippen LogP contribution is 2.34. The SMILES string of the molecule is CCOc1ccc2[nH]c(=O)c(CN(Cc3ccc4c(c3)OCO4)[C@H](CC)c3nnnn3Cc3ccccc3)cc2c1. The third-order valence-corrected chi connectivity index (χ3v) is 7.26. The number of aromatic amines is 1. The van der Waals surface area contributed by atoms with Gasteiger partial charge in [0.1, 0.15) is 5.75 Å². The van der Waals surface area contributed by atoms with Gasteiger partial charge in [0.2, 0.25) is 6.79 Å². The summed E-state index contributed by atoms with van der Waals surface area (Å²) in [7, 11) is 0. The molecule has 210 valence electrons. The minimum Gasteiger partial charge on any atom is -0.494 e. The number of nitrogens with zero attached hydrogens (tertiary/aromatic N) is 5. The lowest BCUT2D eigenvalue weighted by molar-refractivity contribution is 0.161. The number of rotatable bonds is 11. The van der Waals surface area contributed by atoms with Crippen molar-refractivity contribution < 1.29 is 14.2 Å². The lowest BCUT2D eigenvalue weighted by Crippen LogP contribution is -2.32. The Hall–Kier alpha value is -4.70. The first-order valence-electron chi connectivity index (χ1n) is 13.8. The number of hydrogen-bond donors (Lipinski definition) is 1. The van der Waals surface area contributed by atoms with Crippen LogP contribution in [0.4, 0.5) is 0 Å². The number of nitrogens with one attached hydrogen (secondary N) is 1. The van der Waals surface area contributed by atoms with Crippen LogP contribution >= 0.6 is 0 Å². The Morgan fingerprint density at radius 3 is 2.66 bits per heavy atom. The molecule has 3 heterocycles. The summed E-state index contributed by atoms with van der Waals surface area (Å²) in [5, 5.41) is 13.7. The number of hydrogen-bond acceptors (Lipinski definition) is 8. The van der Waals surface area contributed by atoms with E-state index in [1.807, 2.05) is 72.3 Å². The first-order valence-corrected chi connectivity index (χ1v) is 13.8. The fourth-order valence-electron chi connectivity index (χ4n) is 5.30. The maximum Gasteiger partial charge on any atom is 0.252 e. The van der Waals surface area contributed by atoms with Crippen molar-refractivity contribution in [2.45, 2.75) is 45.9 Å². The maximum absolute atomic E-state index is 13.3. The molecule has 5 aromatic rings. The molecule has 10 heteroatoms. The smallest absolute Gasteiger partial charge is 0.252 e. The van der Waals surface area contributed by atoms with Gasteiger partial charge < -0.3 is 19.2 Å². The fourth-order valence-corrected chi connectivity index (χ4v) is 5.30. The number of tetrazole rings is 1. The van der Waals surface area contributed by atoms with E-state index >= 15 is 0 Å². The van der Waals surface area contributed by atoms with Crippen LogP contribution in [0.1, 0.15) is 48.8 Å². The molecule has 1 N–H and O–H groups in total. The molecule has 0 aliphatic carbocycles. The maximum atomic E-state index is 13.3. The normalized spacial score (nSPS) is 13.1. The van der Waals surface area contributed by atoms with Crippen LogP contribution in [0.3, 0.4) is 0 Å². The van der Waals surface area contributed by atoms with Gasteiger partial charge in [-0.3, -0.25) is 9.69 Å². The van der Waals surface area contributed by atoms with Crippen LogP contribution in [0.15, 0.2) is 77.6 Å². The molecule has 0 bridgehead atoms. The molecule has 41 heavy (non-hydrogen) atoms. The highest BCUT2D eigenvalue weighted by molar-refractivity contribution is 5.80. The van der Waals surface area contributed by atoms with Gasteiger partial charge in [-0.05, 0) is 71.3 Å². The van der Waals surface area contributed by atoms with Crippen molar-refractivity contribution in [2.24, 2.45) is 0 Å². The summed E-state index contributed by atoms with van der Waals surface area (Å²) in [6.07, 6.45) is 0.736. The van der Waals surface area contributed by atoms with E-state index < -0.39 is 0 Å². The molecule has 0 saturated carbocycles. The van der Waals surface area contributed by atoms with E-state index in [1.54, 1.807) is 0 Å². The summed E-state index contributed by atoms with van der Waals surface area (Å²) < 4.78 is 18.7. The van der Waals surface area contributed by atoms with Crippen LogP contribution in [0.5, 0.6) is 17.2 Å². The molecule has 1 atom stereocenters. The lowest BCUT2D eigenvalue weighted by Gasteiger charge is -2.30. The topological polar surface area (TPSA) is 107 Å². The van der Waals surface area contributed by atoms with E-state index in [0.717, 1.165) is 51.5 Å². The second-order valence-electron chi connectivity index (χ2n) is 10.0. The molecule has 0 saturated heterocycles. The van der Waals surface area contributed by atoms with Crippen molar-refractivity contribution in [1.82, 2.24) is 30.1 Å². The molecule has 0 unspecified atom stereocenters. The molecular weight excluding hydrogens is 520 g/mol. The van der Waals surface area contributed by atoms with Crippen LogP contribution < -0.4 is 19.8 Å². The van der Waals surface area contributed by atoms with Crippen molar-refractivity contribution >= 4 is 10.9 Å². The molecule has 0 radical (unpaired) electrons. The molecule has 0 fully saturated rings. The molecule has 2 aromatic heterocycles. The van der Waals surface area contributed by atoms with E-state index in [1.165, 1.54) is 0 Å². The summed E-state index contributed by atoms with van der Waals surface area (Å²) in [6, 6.07) is 23.5. The Bertz CT molecular complexity index is 1700. The molecule has 0 amide bonds. The number of fused-ring (bicyclic) bond motifs is 2. The summed E-state index contributed by atoms with van der Waals surface area (Å²) in [4.78, 5) is 18.6. The van der Waals surface area contributed by atoms with Gasteiger partial charge in [-0.25, -0.2) is 4.68 Å². The Balaban J connectivity index is 1.37. The summed E-state index contributed by atoms with van der Waals surface area (Å²) >= 11 is 0. The third kappa shape index (κ3) is 5.78. The lowest BCUT2D eigenvalue weighted by atomic mass is 10.1. The standard InChI is InChI=1S/C31H32N6O4/c1-3-27(30-33-34-35-37(30)18-21-8-6-5-7-9-21)36(17-22-10-13-28-29(14-22)41-20-40-28)19-24-15-23-16-25(39-4-2)11-12-26(23)32-31(24)38/h5-16,27H,3-4,17-20H2,1-2H3,(H,32,38)/t27-/m1/s1. The summed E-state index contributed by atoms with van der Waals surface area (Å²) in [5.74, 6) is 2.96. The van der Waals surface area contributed by atoms with Crippen LogP contribution in [-0.2, 0) is 19.6 Å². The average molecular weight is 553 g/mol. The van der Waals surface area contributed by atoms with Crippen LogP contribution in [0.25, 0.3) is 10.9 Å². The fraction of sp³-hybridized carbons (Fsp3) is 0.290. The summed E-state index contributed by atoms with van der Waals surface area (Å²) in [5.41, 5.74) is 3.42. The van der Waals surface area contributed by atoms with E-state index in [9.17, 15) is 4.79 Å². The minimum absolute atomic E-state index is 0.129. The van der Waals surface area contributed by atoms with Gasteiger partial charge in [0, 0.05) is 29.6 Å². The van der Waals surface area contributed by atoms with Gasteiger partial charge in [-0.15, -0.1) is 5.10 Å². The third-order valence-electron chi connectivity index (χ3n) is 7.26. The quantitative estimate of drug-likeness (QED) is 0.248. The Morgan fingerprint density at radius 2 is 1.83 bits per heavy atom. The average Bonchev–Trinajstić information content (AvgIpc) is 3.64. The Labute approximate surface area is 237 Å². The highest BCUT2D eigenvalue weighted by atomic mass is 16.7. The predicted octanol–water partition coefficient (Wildman–Crippen LogP) is 4.84. The van der Waals surface area contributed by atoms with Crippen molar-refractivity contribution in [2.75, 3.05) is 13.4 Å². The predicted molar refractivity (Wildman–Crippen MR) is 154 cm³/mol. The Kier molecular flexibility index (Phi) is 7.64. The zero-order chi connectivity index (χ0) is 28.2. The monoisotopic (exact) mass is 552 g/mol. The van der Waals surface area contributed by atoms with E-state index in [-0.39, 0.29) is 18.4 Å². The number of H-pyrrole nitrogens is 1. The molecule has 6 rings (SSSR count). The molecule has 10 nitrogen and oxygen atoms in total. The second kappa shape index (κ2) is 11.8. The minimum atomic E-state index is -0.163. The van der Waals surface area contributed by atoms with Gasteiger partial charge in [0.25, 0.3) is 5.56 Å². The molecule has 1 aliphatic rings. The molecule has 1 aliphatic heterocycles. The van der Waals surface area contributed by atoms with Gasteiger partial charge in [0.05, 0.1) is 19.2 Å². The van der Waals surface area contributed by atoms with E-state index in [0.29, 0.717) is 31.8 Å². The van der Waals surface area contributed by atoms with Crippen molar-refractivity contribution in [1.29, 1.82) is 0 Å². The van der Waals surface area contributed by atoms with Crippen LogP contribution in [-0.4, -0.2) is 43.5 Å². The largest absolute Gasteiger partial charge is 0.494 e. The highest BCUT2D eigenvalue weighted by Gasteiger charge is 2.27. The number of ether oxygens (including phenoxy) is 3. The van der Waals surface area contributed by atoms with Gasteiger partial charge >= 0.3 is 0 Å². The van der Waals surface area contributed by atoms with Crippen LogP contribution in [0.2, 0.25) is 0 Å². The summed E-state index contributed by atoms with van der Waals surface area (Å²) in [6.45, 7) is 6.32. The molecule has 0 spiro atoms. The van der Waals surface area contributed by atoms with Crippen molar-refractivity contribution in [3.8, 4) is 17.2 Å². The first-order chi connectivity index (χ1) is 20.1. The number of aromatic nitrogens is 5. The van der Waals surface area contributed by atoms with Gasteiger partial charge in [-0.2, -0.15) is 0 Å². The zero-order valence-corrected chi connectivity index (χ0v) is 23.1. The van der Waals surface area contributed by atoms with Crippen molar-refractivity contribution in [3.05, 3.63) is 106 Å². The number of benzene rings is 3. The zero-order valence-electron chi connectivity index (χ0n) is 23.1. The number of pyridine rings is 1. The molecule has 3 aromatic carbocycles. The van der Waals surface area contributed by atoms with Crippen LogP contribution in [0, 0.1) is 0 Å². The molecular formula is C31H32N6O4. The van der Waals surface area contributed by atoms with Gasteiger partial charge in [-0.1, -0.05) is 43.3 Å². The van der Waals surface area contributed by atoms with Crippen molar-refractivity contribution in [3.63, 3.8) is 0 Å².